The minimum atomic E-state index is 0.563. The van der Waals surface area contributed by atoms with Gasteiger partial charge in [0.05, 0.1) is 0 Å². The maximum Gasteiger partial charge on any atom is 0.132 e. The normalized spacial score (nSPS) is 44.3. The van der Waals surface area contributed by atoms with Crippen molar-refractivity contribution < 1.29 is 4.79 Å². The number of ketones is 1. The summed E-state index contributed by atoms with van der Waals surface area (Å²) < 4.78 is 0. The zero-order valence-corrected chi connectivity index (χ0v) is 16.4. The van der Waals surface area contributed by atoms with Gasteiger partial charge in [0, 0.05) is 12.8 Å². The number of Topliss-reactive ketones (excluding diaryl/α,β-unsaturated/α-hetero) is 1. The molecule has 6 fully saturated rings. The first-order valence-electron chi connectivity index (χ1n) is 10.8. The SMILES string of the molecule is CC1(C)C2CCC(CCC(=O)CCC3CCC4CC3C4(C)C)C1C2. The fourth-order valence-electron chi connectivity index (χ4n) is 7.43. The Morgan fingerprint density at radius 2 is 1.17 bits per heavy atom. The summed E-state index contributed by atoms with van der Waals surface area (Å²) in [5, 5.41) is 0. The van der Waals surface area contributed by atoms with Gasteiger partial charge in [0.15, 0.2) is 0 Å². The Bertz CT molecular complexity index is 454. The van der Waals surface area contributed by atoms with Crippen molar-refractivity contribution in [2.75, 3.05) is 0 Å². The van der Waals surface area contributed by atoms with E-state index in [4.69, 9.17) is 0 Å². The van der Waals surface area contributed by atoms with Gasteiger partial charge in [0.25, 0.3) is 0 Å². The Morgan fingerprint density at radius 1 is 0.750 bits per heavy atom. The van der Waals surface area contributed by atoms with Crippen molar-refractivity contribution in [1.29, 1.82) is 0 Å². The monoisotopic (exact) mass is 330 g/mol. The van der Waals surface area contributed by atoms with Crippen molar-refractivity contribution in [3.63, 3.8) is 0 Å². The van der Waals surface area contributed by atoms with E-state index in [9.17, 15) is 4.79 Å². The molecule has 6 rings (SSSR count). The van der Waals surface area contributed by atoms with Gasteiger partial charge in [-0.1, -0.05) is 27.7 Å². The third-order valence-electron chi connectivity index (χ3n) is 9.59. The van der Waals surface area contributed by atoms with E-state index in [0.717, 1.165) is 48.3 Å². The highest BCUT2D eigenvalue weighted by molar-refractivity contribution is 5.78. The van der Waals surface area contributed by atoms with Crippen LogP contribution in [0.5, 0.6) is 0 Å². The van der Waals surface area contributed by atoms with Crippen LogP contribution in [0, 0.1) is 46.3 Å². The molecule has 0 amide bonds. The van der Waals surface area contributed by atoms with Crippen LogP contribution in [0.1, 0.15) is 91.9 Å². The van der Waals surface area contributed by atoms with Crippen LogP contribution < -0.4 is 0 Å². The van der Waals surface area contributed by atoms with E-state index in [1.807, 2.05) is 0 Å². The van der Waals surface area contributed by atoms with Gasteiger partial charge in [0.2, 0.25) is 0 Å². The van der Waals surface area contributed by atoms with Crippen LogP contribution in [0.4, 0.5) is 0 Å². The first kappa shape index (κ1) is 17.1. The van der Waals surface area contributed by atoms with Crippen LogP contribution in [0.25, 0.3) is 0 Å². The fourth-order valence-corrected chi connectivity index (χ4v) is 7.43. The Hall–Kier alpha value is -0.330. The van der Waals surface area contributed by atoms with Crippen LogP contribution in [0.15, 0.2) is 0 Å². The molecule has 0 saturated heterocycles. The molecule has 0 aliphatic heterocycles. The number of fused-ring (bicyclic) bond motifs is 4. The van der Waals surface area contributed by atoms with Crippen molar-refractivity contribution in [3.05, 3.63) is 0 Å². The number of hydrogen-bond acceptors (Lipinski definition) is 1. The van der Waals surface area contributed by atoms with Gasteiger partial charge >= 0.3 is 0 Å². The molecule has 0 spiro atoms. The van der Waals surface area contributed by atoms with Gasteiger partial charge in [-0.25, -0.2) is 0 Å². The average Bonchev–Trinajstić information content (AvgIpc) is 2.58. The molecule has 0 aromatic rings. The van der Waals surface area contributed by atoms with E-state index >= 15 is 0 Å². The van der Waals surface area contributed by atoms with Crippen molar-refractivity contribution in [2.24, 2.45) is 46.3 Å². The quantitative estimate of drug-likeness (QED) is 0.561. The number of hydrogen-bond donors (Lipinski definition) is 0. The van der Waals surface area contributed by atoms with Crippen LogP contribution in [0.2, 0.25) is 0 Å². The van der Waals surface area contributed by atoms with E-state index in [1.165, 1.54) is 51.4 Å². The summed E-state index contributed by atoms with van der Waals surface area (Å²) >= 11 is 0. The molecule has 0 N–H and O–H groups in total. The van der Waals surface area contributed by atoms with Crippen LogP contribution in [-0.4, -0.2) is 5.78 Å². The molecule has 24 heavy (non-hydrogen) atoms. The molecule has 6 saturated carbocycles. The predicted molar refractivity (Wildman–Crippen MR) is 99.7 cm³/mol. The van der Waals surface area contributed by atoms with Gasteiger partial charge in [-0.2, -0.15) is 0 Å². The summed E-state index contributed by atoms with van der Waals surface area (Å²) in [5.74, 6) is 6.04. The largest absolute Gasteiger partial charge is 0.300 e. The summed E-state index contributed by atoms with van der Waals surface area (Å²) in [4.78, 5) is 12.5. The summed E-state index contributed by atoms with van der Waals surface area (Å²) in [6, 6.07) is 0. The summed E-state index contributed by atoms with van der Waals surface area (Å²) in [6.07, 6.45) is 12.6. The second-order valence-electron chi connectivity index (χ2n) is 11.0. The molecule has 0 aromatic heterocycles. The van der Waals surface area contributed by atoms with Crippen LogP contribution in [-0.2, 0) is 4.79 Å². The molecule has 6 unspecified atom stereocenters. The Morgan fingerprint density at radius 3 is 1.50 bits per heavy atom. The maximum absolute atomic E-state index is 12.5. The molecule has 4 bridgehead atoms. The fraction of sp³-hybridized carbons (Fsp3) is 0.957. The maximum atomic E-state index is 12.5. The molecule has 1 nitrogen and oxygen atoms in total. The molecule has 0 radical (unpaired) electrons. The highest BCUT2D eigenvalue weighted by Gasteiger charge is 2.54. The second kappa shape index (κ2) is 5.85. The lowest BCUT2D eigenvalue weighted by Crippen LogP contribution is -2.52. The molecule has 6 atom stereocenters. The standard InChI is InChI=1S/C23H38O/c1-22(2)17-9-5-15(20(22)13-17)7-11-19(24)12-8-16-6-10-18-14-21(16)23(18,3)4/h15-18,20-21H,5-14H2,1-4H3. The average molecular weight is 331 g/mol. The Labute approximate surface area is 149 Å². The van der Waals surface area contributed by atoms with Crippen molar-refractivity contribution >= 4 is 5.78 Å². The van der Waals surface area contributed by atoms with Crippen molar-refractivity contribution in [2.45, 2.75) is 91.9 Å². The molecular formula is C23H38O. The first-order chi connectivity index (χ1) is 11.3. The molecule has 6 aliphatic rings. The van der Waals surface area contributed by atoms with Crippen LogP contribution >= 0.6 is 0 Å². The van der Waals surface area contributed by atoms with Gasteiger partial charge in [-0.15, -0.1) is 0 Å². The van der Waals surface area contributed by atoms with Gasteiger partial charge in [0.1, 0.15) is 5.78 Å². The number of rotatable bonds is 6. The minimum Gasteiger partial charge on any atom is -0.300 e. The van der Waals surface area contributed by atoms with Crippen LogP contribution in [0.3, 0.4) is 0 Å². The van der Waals surface area contributed by atoms with E-state index in [1.54, 1.807) is 0 Å². The van der Waals surface area contributed by atoms with E-state index in [-0.39, 0.29) is 0 Å². The third-order valence-corrected chi connectivity index (χ3v) is 9.59. The lowest BCUT2D eigenvalue weighted by atomic mass is 9.45. The Balaban J connectivity index is 1.20. The molecular weight excluding hydrogens is 292 g/mol. The van der Waals surface area contributed by atoms with Crippen molar-refractivity contribution in [3.8, 4) is 0 Å². The summed E-state index contributed by atoms with van der Waals surface area (Å²) in [6.45, 7) is 9.88. The first-order valence-corrected chi connectivity index (χ1v) is 10.8. The molecule has 0 heterocycles. The van der Waals surface area contributed by atoms with Gasteiger partial charge in [-0.3, -0.25) is 4.79 Å². The van der Waals surface area contributed by atoms with Gasteiger partial charge in [-0.05, 0) is 97.7 Å². The smallest absolute Gasteiger partial charge is 0.132 e. The van der Waals surface area contributed by atoms with E-state index in [0.29, 0.717) is 16.6 Å². The number of carbonyl (C=O) groups is 1. The lowest BCUT2D eigenvalue weighted by molar-refractivity contribution is -0.126. The topological polar surface area (TPSA) is 17.1 Å². The lowest BCUT2D eigenvalue weighted by Gasteiger charge is -2.60. The molecule has 0 aromatic carbocycles. The third kappa shape index (κ3) is 2.60. The summed E-state index contributed by atoms with van der Waals surface area (Å²) in [5.41, 5.74) is 1.14. The zero-order valence-electron chi connectivity index (χ0n) is 16.4. The van der Waals surface area contributed by atoms with Crippen molar-refractivity contribution in [1.82, 2.24) is 0 Å². The van der Waals surface area contributed by atoms with E-state index < -0.39 is 0 Å². The highest BCUT2D eigenvalue weighted by atomic mass is 16.1. The van der Waals surface area contributed by atoms with E-state index in [2.05, 4.69) is 27.7 Å². The Kier molecular flexibility index (Phi) is 4.17. The molecule has 136 valence electrons. The van der Waals surface area contributed by atoms with Gasteiger partial charge < -0.3 is 0 Å². The predicted octanol–water partition coefficient (Wildman–Crippen LogP) is 6.26. The molecule has 1 heteroatoms. The zero-order chi connectivity index (χ0) is 17.1. The number of carbonyl (C=O) groups excluding carboxylic acids is 1. The minimum absolute atomic E-state index is 0.563. The summed E-state index contributed by atoms with van der Waals surface area (Å²) in [7, 11) is 0. The second-order valence-corrected chi connectivity index (χ2v) is 11.0. The molecule has 6 aliphatic carbocycles. The highest BCUT2D eigenvalue weighted by Crippen LogP contribution is 2.63.